The largest absolute Gasteiger partial charge is 0.385 e. The summed E-state index contributed by atoms with van der Waals surface area (Å²) in [7, 11) is 3.32. The van der Waals surface area contributed by atoms with E-state index < -0.39 is 0 Å². The molecule has 0 aromatic heterocycles. The van der Waals surface area contributed by atoms with E-state index in [1.54, 1.807) is 14.2 Å². The minimum atomic E-state index is -0.00795. The maximum atomic E-state index is 11.6. The lowest BCUT2D eigenvalue weighted by Gasteiger charge is -2.08. The summed E-state index contributed by atoms with van der Waals surface area (Å²) < 4.78 is 21.1. The zero-order valence-corrected chi connectivity index (χ0v) is 17.1. The van der Waals surface area contributed by atoms with Crippen LogP contribution in [-0.2, 0) is 28.5 Å². The quantitative estimate of drug-likeness (QED) is 0.242. The third kappa shape index (κ3) is 20.9. The molecular weight excluding hydrogens is 352 g/mol. The Morgan fingerprint density at radius 3 is 2.00 bits per heavy atom. The highest BCUT2D eigenvalue weighted by molar-refractivity contribution is 5.75. The maximum Gasteiger partial charge on any atom is 0.221 e. The van der Waals surface area contributed by atoms with Gasteiger partial charge in [0.1, 0.15) is 6.73 Å². The summed E-state index contributed by atoms with van der Waals surface area (Å²) >= 11 is 0. The molecule has 0 unspecified atom stereocenters. The SMILES string of the molecule is CNC(=O)CCCCCOCCOCNC(=O)CCCCOCCCOC. The fourth-order valence-corrected chi connectivity index (χ4v) is 2.20. The van der Waals surface area contributed by atoms with Gasteiger partial charge in [-0.05, 0) is 32.1 Å². The Kier molecular flexibility index (Phi) is 20.1. The van der Waals surface area contributed by atoms with E-state index in [9.17, 15) is 9.59 Å². The maximum absolute atomic E-state index is 11.6. The molecule has 0 aliphatic rings. The van der Waals surface area contributed by atoms with Crippen molar-refractivity contribution in [2.75, 3.05) is 60.5 Å². The van der Waals surface area contributed by atoms with Crippen molar-refractivity contribution in [3.05, 3.63) is 0 Å². The van der Waals surface area contributed by atoms with Gasteiger partial charge in [0.15, 0.2) is 0 Å². The molecule has 0 saturated carbocycles. The predicted molar refractivity (Wildman–Crippen MR) is 103 cm³/mol. The highest BCUT2D eigenvalue weighted by atomic mass is 16.5. The molecule has 2 N–H and O–H groups in total. The van der Waals surface area contributed by atoms with E-state index in [4.69, 9.17) is 18.9 Å². The van der Waals surface area contributed by atoms with E-state index >= 15 is 0 Å². The minimum absolute atomic E-state index is 0.00795. The Labute approximate surface area is 163 Å². The van der Waals surface area contributed by atoms with Crippen molar-refractivity contribution in [2.24, 2.45) is 0 Å². The van der Waals surface area contributed by atoms with Gasteiger partial charge in [-0.3, -0.25) is 9.59 Å². The second-order valence-electron chi connectivity index (χ2n) is 6.16. The fraction of sp³-hybridized carbons (Fsp3) is 0.895. The summed E-state index contributed by atoms with van der Waals surface area (Å²) in [6.45, 7) is 3.92. The molecule has 0 atom stereocenters. The number of nitrogens with one attached hydrogen (secondary N) is 2. The van der Waals surface area contributed by atoms with Crippen LogP contribution in [0.25, 0.3) is 0 Å². The van der Waals surface area contributed by atoms with E-state index in [-0.39, 0.29) is 18.5 Å². The number of ether oxygens (including phenoxy) is 4. The molecule has 0 aromatic rings. The zero-order valence-electron chi connectivity index (χ0n) is 17.1. The van der Waals surface area contributed by atoms with Crippen molar-refractivity contribution in [3.8, 4) is 0 Å². The first-order chi connectivity index (χ1) is 13.2. The van der Waals surface area contributed by atoms with Gasteiger partial charge < -0.3 is 29.6 Å². The smallest absolute Gasteiger partial charge is 0.221 e. The lowest BCUT2D eigenvalue weighted by molar-refractivity contribution is -0.123. The van der Waals surface area contributed by atoms with E-state index in [0.717, 1.165) is 38.5 Å². The fourth-order valence-electron chi connectivity index (χ4n) is 2.20. The predicted octanol–water partition coefficient (Wildman–Crippen LogP) is 1.62. The van der Waals surface area contributed by atoms with Gasteiger partial charge in [-0.1, -0.05) is 6.42 Å². The molecule has 8 heteroatoms. The molecule has 0 aliphatic carbocycles. The summed E-state index contributed by atoms with van der Waals surface area (Å²) in [6, 6.07) is 0. The first-order valence-electron chi connectivity index (χ1n) is 9.90. The summed E-state index contributed by atoms with van der Waals surface area (Å²) in [5.74, 6) is 0.0732. The van der Waals surface area contributed by atoms with Gasteiger partial charge in [-0.2, -0.15) is 0 Å². The number of methoxy groups -OCH3 is 1. The van der Waals surface area contributed by atoms with E-state index in [2.05, 4.69) is 10.6 Å². The lowest BCUT2D eigenvalue weighted by Crippen LogP contribution is -2.26. The second kappa shape index (κ2) is 21.1. The molecule has 0 aromatic carbocycles. The molecule has 2 amide bonds. The van der Waals surface area contributed by atoms with Gasteiger partial charge in [0.2, 0.25) is 11.8 Å². The molecule has 0 fully saturated rings. The normalized spacial score (nSPS) is 10.7. The van der Waals surface area contributed by atoms with Crippen LogP contribution < -0.4 is 10.6 Å². The number of hydrogen-bond acceptors (Lipinski definition) is 6. The molecule has 8 nitrogen and oxygen atoms in total. The molecule has 0 rings (SSSR count). The van der Waals surface area contributed by atoms with Gasteiger partial charge in [-0.25, -0.2) is 0 Å². The molecule has 0 saturated heterocycles. The minimum Gasteiger partial charge on any atom is -0.385 e. The summed E-state index contributed by atoms with van der Waals surface area (Å²) in [5, 5.41) is 5.33. The second-order valence-corrected chi connectivity index (χ2v) is 6.16. The Hall–Kier alpha value is -1.22. The van der Waals surface area contributed by atoms with Crippen molar-refractivity contribution < 1.29 is 28.5 Å². The number of rotatable bonds is 20. The van der Waals surface area contributed by atoms with Crippen molar-refractivity contribution in [2.45, 2.75) is 51.4 Å². The van der Waals surface area contributed by atoms with Gasteiger partial charge in [-0.15, -0.1) is 0 Å². The summed E-state index contributed by atoms with van der Waals surface area (Å²) in [6.07, 6.45) is 6.42. The molecular formula is C19H38N2O6. The first-order valence-corrected chi connectivity index (χ1v) is 9.90. The number of unbranched alkanes of at least 4 members (excludes halogenated alkanes) is 3. The highest BCUT2D eigenvalue weighted by Gasteiger charge is 2.01. The zero-order chi connectivity index (χ0) is 20.0. The third-order valence-electron chi connectivity index (χ3n) is 3.79. The van der Waals surface area contributed by atoms with Crippen molar-refractivity contribution in [1.82, 2.24) is 10.6 Å². The average Bonchev–Trinajstić information content (AvgIpc) is 2.67. The van der Waals surface area contributed by atoms with Crippen LogP contribution in [0.3, 0.4) is 0 Å². The van der Waals surface area contributed by atoms with Gasteiger partial charge in [0, 0.05) is 53.4 Å². The Bertz CT molecular complexity index is 355. The van der Waals surface area contributed by atoms with Crippen LogP contribution in [0.5, 0.6) is 0 Å². The summed E-state index contributed by atoms with van der Waals surface area (Å²) in [5.41, 5.74) is 0. The van der Waals surface area contributed by atoms with Crippen LogP contribution >= 0.6 is 0 Å². The van der Waals surface area contributed by atoms with Crippen molar-refractivity contribution >= 4 is 11.8 Å². The molecule has 0 spiro atoms. The van der Waals surface area contributed by atoms with E-state index in [1.807, 2.05) is 0 Å². The monoisotopic (exact) mass is 390 g/mol. The molecule has 0 radical (unpaired) electrons. The van der Waals surface area contributed by atoms with Crippen molar-refractivity contribution in [1.29, 1.82) is 0 Å². The first kappa shape index (κ1) is 25.8. The van der Waals surface area contributed by atoms with Crippen molar-refractivity contribution in [3.63, 3.8) is 0 Å². The van der Waals surface area contributed by atoms with Crippen LogP contribution in [0.1, 0.15) is 51.4 Å². The molecule has 0 heterocycles. The highest BCUT2D eigenvalue weighted by Crippen LogP contribution is 2.00. The Balaban J connectivity index is 3.18. The van der Waals surface area contributed by atoms with Crippen LogP contribution in [0.15, 0.2) is 0 Å². The topological polar surface area (TPSA) is 95.1 Å². The number of carbonyl (C=O) groups is 2. The van der Waals surface area contributed by atoms with Crippen LogP contribution in [0.4, 0.5) is 0 Å². The van der Waals surface area contributed by atoms with Gasteiger partial charge in [0.05, 0.1) is 13.2 Å². The molecule has 27 heavy (non-hydrogen) atoms. The standard InChI is InChI=1S/C19H38N2O6/c1-20-18(22)9-4-3-6-12-26-15-16-27-17-21-19(23)10-5-7-13-25-14-8-11-24-2/h3-17H2,1-2H3,(H,20,22)(H,21,23). The van der Waals surface area contributed by atoms with Gasteiger partial charge >= 0.3 is 0 Å². The molecule has 160 valence electrons. The average molecular weight is 391 g/mol. The van der Waals surface area contributed by atoms with Gasteiger partial charge in [0.25, 0.3) is 0 Å². The molecule has 0 aliphatic heterocycles. The number of carbonyl (C=O) groups excluding carboxylic acids is 2. The number of amides is 2. The Morgan fingerprint density at radius 2 is 1.26 bits per heavy atom. The number of hydrogen-bond donors (Lipinski definition) is 2. The molecule has 0 bridgehead atoms. The van der Waals surface area contributed by atoms with Crippen LogP contribution in [0.2, 0.25) is 0 Å². The lowest BCUT2D eigenvalue weighted by atomic mass is 10.2. The van der Waals surface area contributed by atoms with Crippen LogP contribution in [0, 0.1) is 0 Å². The Morgan fingerprint density at radius 1 is 0.667 bits per heavy atom. The third-order valence-corrected chi connectivity index (χ3v) is 3.79. The van der Waals surface area contributed by atoms with E-state index in [1.165, 1.54) is 0 Å². The summed E-state index contributed by atoms with van der Waals surface area (Å²) in [4.78, 5) is 22.6. The van der Waals surface area contributed by atoms with Crippen LogP contribution in [-0.4, -0.2) is 72.3 Å². The van der Waals surface area contributed by atoms with E-state index in [0.29, 0.717) is 52.5 Å².